The Morgan fingerprint density at radius 3 is 2.48 bits per heavy atom. The molecule has 0 spiro atoms. The molecule has 0 bridgehead atoms. The van der Waals surface area contributed by atoms with E-state index in [1.165, 1.54) is 0 Å². The van der Waals surface area contributed by atoms with Gasteiger partial charge in [0, 0.05) is 5.56 Å². The minimum Gasteiger partial charge on any atom is -0.509 e. The summed E-state index contributed by atoms with van der Waals surface area (Å²) in [6.45, 7) is 3.25. The molecule has 0 aliphatic rings. The molecule has 1 rings (SSSR count). The Hall–Kier alpha value is -2.81. The third kappa shape index (κ3) is 4.66. The third-order valence-corrected chi connectivity index (χ3v) is 2.61. The number of amides is 1. The molecular weight excluding hydrogens is 272 g/mol. The van der Waals surface area contributed by atoms with Gasteiger partial charge in [0.1, 0.15) is 11.8 Å². The van der Waals surface area contributed by atoms with Crippen LogP contribution in [0.4, 0.5) is 0 Å². The first-order valence-corrected chi connectivity index (χ1v) is 6.33. The number of aryl methyl sites for hydroxylation is 1. The molecule has 110 valence electrons. The standard InChI is InChI=1S/C15H16N2O4/c1-3-21-15(20)12(8-16)13(18)9-17-14(19)11-6-4-10(2)5-7-11/h4-7,18H,3,9H2,1-2H3,(H,17,19)/b13-12-. The summed E-state index contributed by atoms with van der Waals surface area (Å²) in [5.41, 5.74) is 0.924. The summed E-state index contributed by atoms with van der Waals surface area (Å²) < 4.78 is 4.63. The molecule has 2 N–H and O–H groups in total. The van der Waals surface area contributed by atoms with Crippen molar-refractivity contribution in [2.45, 2.75) is 13.8 Å². The monoisotopic (exact) mass is 288 g/mol. The Labute approximate surface area is 122 Å². The number of esters is 1. The van der Waals surface area contributed by atoms with Crippen LogP contribution < -0.4 is 5.32 Å². The van der Waals surface area contributed by atoms with Gasteiger partial charge in [-0.05, 0) is 26.0 Å². The maximum atomic E-state index is 11.8. The Balaban J connectivity index is 2.72. The molecule has 0 aliphatic heterocycles. The Bertz CT molecular complexity index is 597. The fraction of sp³-hybridized carbons (Fsp3) is 0.267. The van der Waals surface area contributed by atoms with Gasteiger partial charge in [-0.2, -0.15) is 5.26 Å². The van der Waals surface area contributed by atoms with E-state index < -0.39 is 23.2 Å². The molecule has 21 heavy (non-hydrogen) atoms. The van der Waals surface area contributed by atoms with Gasteiger partial charge in [-0.3, -0.25) is 4.79 Å². The van der Waals surface area contributed by atoms with Crippen LogP contribution in [0.25, 0.3) is 0 Å². The highest BCUT2D eigenvalue weighted by Gasteiger charge is 2.17. The zero-order valence-electron chi connectivity index (χ0n) is 11.8. The number of rotatable bonds is 5. The predicted octanol–water partition coefficient (Wildman–Crippen LogP) is 1.62. The van der Waals surface area contributed by atoms with Gasteiger partial charge in [-0.1, -0.05) is 17.7 Å². The molecule has 0 saturated carbocycles. The average molecular weight is 288 g/mol. The van der Waals surface area contributed by atoms with E-state index in [1.54, 1.807) is 37.3 Å². The second-order valence-corrected chi connectivity index (χ2v) is 4.20. The highest BCUT2D eigenvalue weighted by Crippen LogP contribution is 2.05. The molecule has 6 nitrogen and oxygen atoms in total. The predicted molar refractivity (Wildman–Crippen MR) is 75.4 cm³/mol. The normalized spacial score (nSPS) is 11.1. The minimum atomic E-state index is -0.915. The van der Waals surface area contributed by atoms with Gasteiger partial charge in [0.2, 0.25) is 0 Å². The lowest BCUT2D eigenvalue weighted by Gasteiger charge is -2.07. The molecule has 0 saturated heterocycles. The molecule has 0 atom stereocenters. The van der Waals surface area contributed by atoms with Crippen LogP contribution in [0.2, 0.25) is 0 Å². The molecule has 1 aromatic rings. The lowest BCUT2D eigenvalue weighted by Crippen LogP contribution is -2.27. The average Bonchev–Trinajstić information content (AvgIpc) is 2.46. The number of hydrogen-bond donors (Lipinski definition) is 2. The number of aliphatic hydroxyl groups excluding tert-OH is 1. The summed E-state index contributed by atoms with van der Waals surface area (Å²) in [5, 5.41) is 20.9. The highest BCUT2D eigenvalue weighted by molar-refractivity contribution is 5.95. The SMILES string of the molecule is CCOC(=O)/C(C#N)=C(\O)CNC(=O)c1ccc(C)cc1. The topological polar surface area (TPSA) is 99.4 Å². The summed E-state index contributed by atoms with van der Waals surface area (Å²) in [6.07, 6.45) is 0. The van der Waals surface area contributed by atoms with Gasteiger partial charge in [-0.25, -0.2) is 4.79 Å². The largest absolute Gasteiger partial charge is 0.509 e. The number of nitriles is 1. The molecule has 1 amide bonds. The highest BCUT2D eigenvalue weighted by atomic mass is 16.5. The number of ether oxygens (including phenoxy) is 1. The number of carbonyl (C=O) groups is 2. The van der Waals surface area contributed by atoms with E-state index in [1.807, 2.05) is 6.92 Å². The zero-order chi connectivity index (χ0) is 15.8. The van der Waals surface area contributed by atoms with Crippen molar-refractivity contribution in [3.05, 3.63) is 46.7 Å². The Morgan fingerprint density at radius 2 is 1.95 bits per heavy atom. The summed E-state index contributed by atoms with van der Waals surface area (Å²) in [7, 11) is 0. The first-order chi connectivity index (χ1) is 9.99. The van der Waals surface area contributed by atoms with Gasteiger partial charge in [0.05, 0.1) is 13.2 Å². The molecule has 6 heteroatoms. The molecule has 0 unspecified atom stereocenters. The number of carbonyl (C=O) groups excluding carboxylic acids is 2. The first-order valence-electron chi connectivity index (χ1n) is 6.33. The van der Waals surface area contributed by atoms with Crippen molar-refractivity contribution >= 4 is 11.9 Å². The van der Waals surface area contributed by atoms with E-state index in [4.69, 9.17) is 5.26 Å². The van der Waals surface area contributed by atoms with Gasteiger partial charge in [-0.15, -0.1) is 0 Å². The first kappa shape index (κ1) is 16.2. The van der Waals surface area contributed by atoms with Gasteiger partial charge < -0.3 is 15.2 Å². The lowest BCUT2D eigenvalue weighted by atomic mass is 10.1. The summed E-state index contributed by atoms with van der Waals surface area (Å²) in [6, 6.07) is 8.41. The maximum Gasteiger partial charge on any atom is 0.352 e. The van der Waals surface area contributed by atoms with Crippen molar-refractivity contribution in [3.8, 4) is 6.07 Å². The number of benzene rings is 1. The van der Waals surface area contributed by atoms with Crippen molar-refractivity contribution in [2.75, 3.05) is 13.2 Å². The molecule has 0 aromatic heterocycles. The minimum absolute atomic E-state index is 0.0903. The van der Waals surface area contributed by atoms with Gasteiger partial charge in [0.15, 0.2) is 5.57 Å². The van der Waals surface area contributed by atoms with E-state index >= 15 is 0 Å². The zero-order valence-corrected chi connectivity index (χ0v) is 11.8. The molecule has 0 radical (unpaired) electrons. The third-order valence-electron chi connectivity index (χ3n) is 2.61. The lowest BCUT2D eigenvalue weighted by molar-refractivity contribution is -0.138. The molecular formula is C15H16N2O4. The van der Waals surface area contributed by atoms with Crippen molar-refractivity contribution in [1.82, 2.24) is 5.32 Å². The summed E-state index contributed by atoms with van der Waals surface area (Å²) in [4.78, 5) is 23.2. The molecule has 0 heterocycles. The fourth-order valence-electron chi connectivity index (χ4n) is 1.49. The van der Waals surface area contributed by atoms with Crippen LogP contribution in [-0.4, -0.2) is 30.1 Å². The van der Waals surface area contributed by atoms with Crippen LogP contribution >= 0.6 is 0 Å². The molecule has 0 fully saturated rings. The second-order valence-electron chi connectivity index (χ2n) is 4.20. The second kappa shape index (κ2) is 7.70. The van der Waals surface area contributed by atoms with Crippen LogP contribution in [0.3, 0.4) is 0 Å². The van der Waals surface area contributed by atoms with E-state index in [0.717, 1.165) is 5.56 Å². The van der Waals surface area contributed by atoms with Crippen molar-refractivity contribution in [1.29, 1.82) is 5.26 Å². The van der Waals surface area contributed by atoms with Crippen molar-refractivity contribution < 1.29 is 19.4 Å². The van der Waals surface area contributed by atoms with Crippen molar-refractivity contribution in [2.24, 2.45) is 0 Å². The van der Waals surface area contributed by atoms with Crippen LogP contribution in [-0.2, 0) is 9.53 Å². The van der Waals surface area contributed by atoms with Crippen LogP contribution in [0.15, 0.2) is 35.6 Å². The molecule has 1 aromatic carbocycles. The van der Waals surface area contributed by atoms with E-state index in [9.17, 15) is 14.7 Å². The number of hydrogen-bond acceptors (Lipinski definition) is 5. The van der Waals surface area contributed by atoms with Gasteiger partial charge in [0.25, 0.3) is 5.91 Å². The fourth-order valence-corrected chi connectivity index (χ4v) is 1.49. The number of aliphatic hydroxyl groups is 1. The summed E-state index contributed by atoms with van der Waals surface area (Å²) >= 11 is 0. The molecule has 0 aliphatic carbocycles. The smallest absolute Gasteiger partial charge is 0.352 e. The Morgan fingerprint density at radius 1 is 1.33 bits per heavy atom. The van der Waals surface area contributed by atoms with E-state index in [-0.39, 0.29) is 13.2 Å². The van der Waals surface area contributed by atoms with Crippen LogP contribution in [0.1, 0.15) is 22.8 Å². The maximum absolute atomic E-state index is 11.8. The van der Waals surface area contributed by atoms with Crippen LogP contribution in [0.5, 0.6) is 0 Å². The van der Waals surface area contributed by atoms with E-state index in [0.29, 0.717) is 5.56 Å². The van der Waals surface area contributed by atoms with E-state index in [2.05, 4.69) is 10.1 Å². The number of nitrogens with zero attached hydrogens (tertiary/aromatic N) is 1. The van der Waals surface area contributed by atoms with Crippen molar-refractivity contribution in [3.63, 3.8) is 0 Å². The Kier molecular flexibility index (Phi) is 5.96. The quantitative estimate of drug-likeness (QED) is 0.371. The van der Waals surface area contributed by atoms with Gasteiger partial charge >= 0.3 is 5.97 Å². The summed E-state index contributed by atoms with van der Waals surface area (Å²) in [5.74, 6) is -1.86. The van der Waals surface area contributed by atoms with Crippen LogP contribution in [0, 0.1) is 18.3 Å². The number of nitrogens with one attached hydrogen (secondary N) is 1.